The summed E-state index contributed by atoms with van der Waals surface area (Å²) in [4.78, 5) is 21.5. The Kier molecular flexibility index (Phi) is 3.92. The van der Waals surface area contributed by atoms with Crippen molar-refractivity contribution in [3.05, 3.63) is 65.6 Å². The number of anilines is 1. The summed E-state index contributed by atoms with van der Waals surface area (Å²) < 4.78 is 1.95. The summed E-state index contributed by atoms with van der Waals surface area (Å²) in [6, 6.07) is 12.3. The van der Waals surface area contributed by atoms with Crippen molar-refractivity contribution in [1.82, 2.24) is 14.3 Å². The van der Waals surface area contributed by atoms with Gasteiger partial charge in [-0.2, -0.15) is 0 Å². The van der Waals surface area contributed by atoms with Gasteiger partial charge in [0, 0.05) is 49.8 Å². The summed E-state index contributed by atoms with van der Waals surface area (Å²) in [5.74, 6) is 0.0899. The minimum atomic E-state index is 0.0899. The molecule has 25 heavy (non-hydrogen) atoms. The van der Waals surface area contributed by atoms with Crippen LogP contribution >= 0.6 is 0 Å². The lowest BCUT2D eigenvalue weighted by Gasteiger charge is -2.36. The predicted octanol–water partition coefficient (Wildman–Crippen LogP) is 2.91. The lowest BCUT2D eigenvalue weighted by atomic mass is 10.1. The number of aryl methyl sites for hydroxylation is 2. The molecular weight excluding hydrogens is 312 g/mol. The Morgan fingerprint density at radius 1 is 1.04 bits per heavy atom. The first-order valence-corrected chi connectivity index (χ1v) is 8.66. The van der Waals surface area contributed by atoms with Gasteiger partial charge in [0.1, 0.15) is 5.65 Å². The number of hydrogen-bond donors (Lipinski definition) is 0. The molecule has 1 saturated heterocycles. The van der Waals surface area contributed by atoms with E-state index in [0.29, 0.717) is 5.56 Å². The van der Waals surface area contributed by atoms with Crippen molar-refractivity contribution >= 4 is 17.2 Å². The van der Waals surface area contributed by atoms with Gasteiger partial charge in [-0.25, -0.2) is 4.98 Å². The van der Waals surface area contributed by atoms with Crippen molar-refractivity contribution in [3.8, 4) is 0 Å². The molecule has 5 nitrogen and oxygen atoms in total. The average molecular weight is 334 g/mol. The number of imidazole rings is 1. The van der Waals surface area contributed by atoms with Crippen LogP contribution in [0, 0.1) is 13.8 Å². The number of nitrogens with zero attached hydrogens (tertiary/aromatic N) is 4. The monoisotopic (exact) mass is 334 g/mol. The van der Waals surface area contributed by atoms with Crippen molar-refractivity contribution in [1.29, 1.82) is 0 Å². The molecule has 4 rings (SSSR count). The molecule has 0 bridgehead atoms. The summed E-state index contributed by atoms with van der Waals surface area (Å²) in [5, 5.41) is 0. The molecule has 0 unspecified atom stereocenters. The molecule has 3 aromatic rings. The van der Waals surface area contributed by atoms with Crippen LogP contribution in [0.5, 0.6) is 0 Å². The molecule has 0 N–H and O–H groups in total. The van der Waals surface area contributed by atoms with Crippen molar-refractivity contribution in [2.75, 3.05) is 31.1 Å². The SMILES string of the molecule is Cc1cccc(N2CCN(C(=O)c3ccn4cc(C)nc4c3)CC2)c1. The van der Waals surface area contributed by atoms with Gasteiger partial charge < -0.3 is 14.2 Å². The molecule has 0 aliphatic carbocycles. The molecule has 0 saturated carbocycles. The maximum atomic E-state index is 12.8. The second-order valence-corrected chi connectivity index (χ2v) is 6.68. The third-order valence-corrected chi connectivity index (χ3v) is 4.76. The van der Waals surface area contributed by atoms with Crippen LogP contribution in [-0.4, -0.2) is 46.4 Å². The number of carbonyl (C=O) groups excluding carboxylic acids is 1. The molecule has 2 aromatic heterocycles. The van der Waals surface area contributed by atoms with E-state index in [4.69, 9.17) is 0 Å². The molecule has 0 radical (unpaired) electrons. The van der Waals surface area contributed by atoms with Gasteiger partial charge in [0.05, 0.1) is 5.69 Å². The van der Waals surface area contributed by atoms with Gasteiger partial charge in [-0.15, -0.1) is 0 Å². The van der Waals surface area contributed by atoms with E-state index in [2.05, 4.69) is 41.1 Å². The Morgan fingerprint density at radius 2 is 1.84 bits per heavy atom. The Morgan fingerprint density at radius 3 is 2.60 bits per heavy atom. The molecule has 5 heteroatoms. The zero-order chi connectivity index (χ0) is 17.4. The molecule has 0 spiro atoms. The van der Waals surface area contributed by atoms with E-state index in [0.717, 1.165) is 37.5 Å². The second kappa shape index (κ2) is 6.24. The summed E-state index contributed by atoms with van der Waals surface area (Å²) in [7, 11) is 0. The van der Waals surface area contributed by atoms with Crippen LogP contribution in [0.4, 0.5) is 5.69 Å². The number of amides is 1. The molecule has 1 aromatic carbocycles. The van der Waals surface area contributed by atoms with Gasteiger partial charge >= 0.3 is 0 Å². The number of hydrogen-bond acceptors (Lipinski definition) is 3. The molecule has 128 valence electrons. The first-order chi connectivity index (χ1) is 12.1. The van der Waals surface area contributed by atoms with Crippen LogP contribution in [0.25, 0.3) is 5.65 Å². The van der Waals surface area contributed by atoms with E-state index in [1.165, 1.54) is 11.3 Å². The molecule has 1 fully saturated rings. The van der Waals surface area contributed by atoms with E-state index < -0.39 is 0 Å². The summed E-state index contributed by atoms with van der Waals surface area (Å²) in [6.07, 6.45) is 3.87. The zero-order valence-electron chi connectivity index (χ0n) is 14.6. The number of benzene rings is 1. The van der Waals surface area contributed by atoms with Gasteiger partial charge in [0.2, 0.25) is 0 Å². The smallest absolute Gasteiger partial charge is 0.254 e. The third kappa shape index (κ3) is 3.09. The van der Waals surface area contributed by atoms with Gasteiger partial charge in [-0.05, 0) is 43.7 Å². The number of carbonyl (C=O) groups is 1. The van der Waals surface area contributed by atoms with Crippen LogP contribution in [0.1, 0.15) is 21.6 Å². The van der Waals surface area contributed by atoms with E-state index >= 15 is 0 Å². The van der Waals surface area contributed by atoms with Gasteiger partial charge in [-0.1, -0.05) is 12.1 Å². The number of aromatic nitrogens is 2. The largest absolute Gasteiger partial charge is 0.368 e. The Bertz CT molecular complexity index is 922. The number of pyridine rings is 1. The van der Waals surface area contributed by atoms with Crippen molar-refractivity contribution in [2.45, 2.75) is 13.8 Å². The summed E-state index contributed by atoms with van der Waals surface area (Å²) >= 11 is 0. The topological polar surface area (TPSA) is 40.9 Å². The van der Waals surface area contributed by atoms with Gasteiger partial charge in [0.15, 0.2) is 0 Å². The highest BCUT2D eigenvalue weighted by Crippen LogP contribution is 2.19. The fourth-order valence-electron chi connectivity index (χ4n) is 3.42. The van der Waals surface area contributed by atoms with Crippen LogP contribution in [0.15, 0.2) is 48.8 Å². The molecule has 1 aliphatic rings. The van der Waals surface area contributed by atoms with Gasteiger partial charge in [-0.3, -0.25) is 4.79 Å². The fraction of sp³-hybridized carbons (Fsp3) is 0.300. The lowest BCUT2D eigenvalue weighted by Crippen LogP contribution is -2.48. The molecule has 1 aliphatic heterocycles. The van der Waals surface area contributed by atoms with E-state index in [-0.39, 0.29) is 5.91 Å². The first kappa shape index (κ1) is 15.7. The van der Waals surface area contributed by atoms with E-state index in [1.54, 1.807) is 0 Å². The number of fused-ring (bicyclic) bond motifs is 1. The maximum absolute atomic E-state index is 12.8. The highest BCUT2D eigenvalue weighted by Gasteiger charge is 2.22. The minimum Gasteiger partial charge on any atom is -0.368 e. The van der Waals surface area contributed by atoms with Crippen LogP contribution in [0.2, 0.25) is 0 Å². The number of piperazine rings is 1. The fourth-order valence-corrected chi connectivity index (χ4v) is 3.42. The highest BCUT2D eigenvalue weighted by atomic mass is 16.2. The second-order valence-electron chi connectivity index (χ2n) is 6.68. The summed E-state index contributed by atoms with van der Waals surface area (Å²) in [6.45, 7) is 7.27. The molecular formula is C20H22N4O. The Labute approximate surface area is 147 Å². The maximum Gasteiger partial charge on any atom is 0.254 e. The van der Waals surface area contributed by atoms with Crippen molar-refractivity contribution in [3.63, 3.8) is 0 Å². The van der Waals surface area contributed by atoms with E-state index in [9.17, 15) is 4.79 Å². The Balaban J connectivity index is 1.46. The van der Waals surface area contributed by atoms with Crippen molar-refractivity contribution < 1.29 is 4.79 Å². The van der Waals surface area contributed by atoms with Crippen LogP contribution in [-0.2, 0) is 0 Å². The number of rotatable bonds is 2. The normalized spacial score (nSPS) is 15.0. The predicted molar refractivity (Wildman–Crippen MR) is 99.2 cm³/mol. The molecule has 3 heterocycles. The lowest BCUT2D eigenvalue weighted by molar-refractivity contribution is 0.0747. The molecule has 0 atom stereocenters. The summed E-state index contributed by atoms with van der Waals surface area (Å²) in [5.41, 5.74) is 4.99. The Hall–Kier alpha value is -2.82. The molecule has 1 amide bonds. The zero-order valence-corrected chi connectivity index (χ0v) is 14.6. The van der Waals surface area contributed by atoms with Crippen molar-refractivity contribution in [2.24, 2.45) is 0 Å². The van der Waals surface area contributed by atoms with Gasteiger partial charge in [0.25, 0.3) is 5.91 Å². The first-order valence-electron chi connectivity index (χ1n) is 8.66. The third-order valence-electron chi connectivity index (χ3n) is 4.76. The quantitative estimate of drug-likeness (QED) is 0.723. The minimum absolute atomic E-state index is 0.0899. The standard InChI is InChI=1S/C20H22N4O/c1-15-4-3-5-18(12-15)22-8-10-23(11-9-22)20(25)17-6-7-24-14-16(2)21-19(24)13-17/h3-7,12-14H,8-11H2,1-2H3. The van der Waals surface area contributed by atoms with Crippen LogP contribution < -0.4 is 4.90 Å². The van der Waals surface area contributed by atoms with E-state index in [1.807, 2.05) is 40.8 Å². The van der Waals surface area contributed by atoms with Crippen LogP contribution in [0.3, 0.4) is 0 Å². The average Bonchev–Trinajstić information content (AvgIpc) is 3.00. The highest BCUT2D eigenvalue weighted by molar-refractivity contribution is 5.95.